The van der Waals surface area contributed by atoms with Crippen LogP contribution in [0.4, 0.5) is 20.5 Å². The van der Waals surface area contributed by atoms with Crippen molar-refractivity contribution in [2.45, 2.75) is 45.6 Å². The Kier molecular flexibility index (Phi) is 10.8. The molecule has 0 aliphatic carbocycles. The number of carboxylic acid groups (broad SMARTS) is 1. The molecule has 2 heterocycles. The molecule has 4 rings (SSSR count). The minimum Gasteiger partial charge on any atom is -0.481 e. The molecule has 14 heteroatoms. The van der Waals surface area contributed by atoms with E-state index in [1.165, 1.54) is 22.1 Å². The van der Waals surface area contributed by atoms with Crippen LogP contribution < -0.4 is 27.0 Å². The van der Waals surface area contributed by atoms with Crippen LogP contribution in [0.3, 0.4) is 0 Å². The molecule has 43 heavy (non-hydrogen) atoms. The van der Waals surface area contributed by atoms with Crippen LogP contribution in [0.2, 0.25) is 0 Å². The van der Waals surface area contributed by atoms with Crippen LogP contribution >= 0.6 is 11.3 Å². The van der Waals surface area contributed by atoms with Gasteiger partial charge in [-0.1, -0.05) is 60.7 Å². The molecule has 0 saturated heterocycles. The summed E-state index contributed by atoms with van der Waals surface area (Å²) in [6.07, 6.45) is 0.322. The highest BCUT2D eigenvalue weighted by molar-refractivity contribution is 7.13. The topological polar surface area (TPSA) is 177 Å². The number of rotatable bonds is 13. The Bertz CT molecular complexity index is 1590. The number of aliphatic carboxylic acids is 1. The van der Waals surface area contributed by atoms with Crippen molar-refractivity contribution in [2.75, 3.05) is 10.6 Å². The zero-order valence-corrected chi connectivity index (χ0v) is 24.1. The van der Waals surface area contributed by atoms with Crippen molar-refractivity contribution in [3.63, 3.8) is 0 Å². The summed E-state index contributed by atoms with van der Waals surface area (Å²) in [6.45, 7) is 2.27. The third-order valence-electron chi connectivity index (χ3n) is 6.05. The molecule has 0 bridgehead atoms. The Labute approximate surface area is 251 Å². The van der Waals surface area contributed by atoms with Crippen LogP contribution in [-0.2, 0) is 35.8 Å². The molecule has 4 aromatic rings. The Morgan fingerprint density at radius 3 is 2.40 bits per heavy atom. The minimum absolute atomic E-state index is 0.0193. The van der Waals surface area contributed by atoms with E-state index in [-0.39, 0.29) is 25.7 Å². The van der Waals surface area contributed by atoms with Crippen molar-refractivity contribution >= 4 is 40.4 Å². The van der Waals surface area contributed by atoms with E-state index in [2.05, 4.69) is 31.2 Å². The van der Waals surface area contributed by atoms with Crippen molar-refractivity contribution in [3.05, 3.63) is 105 Å². The zero-order valence-electron chi connectivity index (χ0n) is 23.3. The number of nitrogens with zero attached hydrogens (tertiary/aromatic N) is 3. The number of alkyl carbamates (subject to hydrolysis) is 1. The largest absolute Gasteiger partial charge is 0.481 e. The molecule has 1 atom stereocenters. The van der Waals surface area contributed by atoms with Gasteiger partial charge in [-0.3, -0.25) is 14.7 Å². The van der Waals surface area contributed by atoms with E-state index in [4.69, 9.17) is 4.74 Å². The number of amides is 3. The SMILES string of the molecule is Cc1cn(C[C@@H](CC(=O)O)NC(=O)OCc2ccccc2)c(=O)nc1NCc1csc(NC(=O)NCc2ccccc2)n1. The molecule has 2 aromatic heterocycles. The van der Waals surface area contributed by atoms with Gasteiger partial charge in [0, 0.05) is 30.2 Å². The van der Waals surface area contributed by atoms with Gasteiger partial charge in [0.05, 0.1) is 24.7 Å². The lowest BCUT2D eigenvalue weighted by Gasteiger charge is -2.19. The lowest BCUT2D eigenvalue weighted by atomic mass is 10.2. The summed E-state index contributed by atoms with van der Waals surface area (Å²) in [4.78, 5) is 57.1. The molecule has 224 valence electrons. The Morgan fingerprint density at radius 2 is 1.70 bits per heavy atom. The van der Waals surface area contributed by atoms with Crippen molar-refractivity contribution < 1.29 is 24.2 Å². The quantitative estimate of drug-likeness (QED) is 0.152. The number of thiazole rings is 1. The highest BCUT2D eigenvalue weighted by Gasteiger charge is 2.19. The van der Waals surface area contributed by atoms with Crippen LogP contribution in [0.5, 0.6) is 0 Å². The summed E-state index contributed by atoms with van der Waals surface area (Å²) < 4.78 is 6.43. The molecule has 0 aliphatic rings. The van der Waals surface area contributed by atoms with Gasteiger partial charge in [-0.2, -0.15) is 4.98 Å². The smallest absolute Gasteiger partial charge is 0.407 e. The predicted octanol–water partition coefficient (Wildman–Crippen LogP) is 3.71. The van der Waals surface area contributed by atoms with Gasteiger partial charge in [0.2, 0.25) is 0 Å². The van der Waals surface area contributed by atoms with E-state index in [1.54, 1.807) is 24.4 Å². The molecule has 0 aliphatic heterocycles. The first-order valence-corrected chi connectivity index (χ1v) is 14.2. The van der Waals surface area contributed by atoms with Gasteiger partial charge in [0.1, 0.15) is 12.4 Å². The average Bonchev–Trinajstić information content (AvgIpc) is 3.43. The first-order chi connectivity index (χ1) is 20.7. The van der Waals surface area contributed by atoms with Crippen LogP contribution in [-0.4, -0.2) is 43.8 Å². The van der Waals surface area contributed by atoms with Crippen molar-refractivity contribution in [1.82, 2.24) is 25.2 Å². The third kappa shape index (κ3) is 9.97. The summed E-state index contributed by atoms with van der Waals surface area (Å²) in [5, 5.41) is 22.6. The number of carbonyl (C=O) groups is 3. The molecule has 0 fully saturated rings. The van der Waals surface area contributed by atoms with E-state index in [9.17, 15) is 24.3 Å². The number of benzene rings is 2. The van der Waals surface area contributed by atoms with Gasteiger partial charge in [0.25, 0.3) is 0 Å². The van der Waals surface area contributed by atoms with Gasteiger partial charge >= 0.3 is 23.8 Å². The van der Waals surface area contributed by atoms with Crippen LogP contribution in [0, 0.1) is 6.92 Å². The normalized spacial score (nSPS) is 11.3. The molecule has 2 aromatic carbocycles. The van der Waals surface area contributed by atoms with Gasteiger partial charge in [0.15, 0.2) is 5.13 Å². The molecular formula is C29H31N7O6S. The number of carboxylic acids is 1. The highest BCUT2D eigenvalue weighted by atomic mass is 32.1. The monoisotopic (exact) mass is 605 g/mol. The summed E-state index contributed by atoms with van der Waals surface area (Å²) >= 11 is 1.26. The zero-order chi connectivity index (χ0) is 30.6. The number of carbonyl (C=O) groups excluding carboxylic acids is 2. The minimum atomic E-state index is -1.14. The fraction of sp³-hybridized carbons (Fsp3) is 0.241. The lowest BCUT2D eigenvalue weighted by molar-refractivity contribution is -0.137. The number of hydrogen-bond acceptors (Lipinski definition) is 9. The third-order valence-corrected chi connectivity index (χ3v) is 6.86. The Morgan fingerprint density at radius 1 is 1.00 bits per heavy atom. The number of nitrogens with one attached hydrogen (secondary N) is 4. The molecule has 0 unspecified atom stereocenters. The molecule has 0 spiro atoms. The van der Waals surface area contributed by atoms with Gasteiger partial charge in [-0.05, 0) is 18.1 Å². The van der Waals surface area contributed by atoms with Crippen molar-refractivity contribution in [1.29, 1.82) is 0 Å². The molecule has 5 N–H and O–H groups in total. The molecular weight excluding hydrogens is 574 g/mol. The summed E-state index contributed by atoms with van der Waals surface area (Å²) in [6, 6.07) is 17.3. The van der Waals surface area contributed by atoms with Crippen LogP contribution in [0.15, 0.2) is 77.0 Å². The van der Waals surface area contributed by atoms with Gasteiger partial charge < -0.3 is 25.8 Å². The maximum absolute atomic E-state index is 12.8. The fourth-order valence-corrected chi connectivity index (χ4v) is 4.69. The Balaban J connectivity index is 1.30. The maximum Gasteiger partial charge on any atom is 0.407 e. The standard InChI is InChI=1S/C29H31N7O6S/c1-19-15-36(16-22(12-24(37)38)33-29(41)42-17-21-10-6-3-7-11-21)28(40)34-25(19)30-14-23-18-43-27(32-23)35-26(39)31-13-20-8-4-2-5-9-20/h2-11,15,18,22H,12-14,16-17H2,1H3,(H,33,41)(H,37,38)(H,30,34,40)(H2,31,32,35,39)/t22-/m1/s1. The molecule has 13 nitrogen and oxygen atoms in total. The second-order valence-corrected chi connectivity index (χ2v) is 10.4. The van der Waals surface area contributed by atoms with E-state index < -0.39 is 30.2 Å². The average molecular weight is 606 g/mol. The first kappa shape index (κ1) is 30.7. The van der Waals surface area contributed by atoms with E-state index >= 15 is 0 Å². The number of ether oxygens (including phenoxy) is 1. The molecule has 3 amide bonds. The first-order valence-electron chi connectivity index (χ1n) is 13.3. The van der Waals surface area contributed by atoms with Gasteiger partial charge in [-0.25, -0.2) is 19.4 Å². The second-order valence-electron chi connectivity index (χ2n) is 9.50. The van der Waals surface area contributed by atoms with Crippen LogP contribution in [0.1, 0.15) is 28.8 Å². The van der Waals surface area contributed by atoms with E-state index in [0.29, 0.717) is 28.8 Å². The number of hydrogen-bond donors (Lipinski definition) is 5. The lowest BCUT2D eigenvalue weighted by Crippen LogP contribution is -2.42. The number of urea groups is 1. The maximum atomic E-state index is 12.8. The Hall–Kier alpha value is -5.24. The summed E-state index contributed by atoms with van der Waals surface area (Å²) in [7, 11) is 0. The number of anilines is 2. The van der Waals surface area contributed by atoms with Gasteiger partial charge in [-0.15, -0.1) is 11.3 Å². The van der Waals surface area contributed by atoms with E-state index in [0.717, 1.165) is 11.1 Å². The molecule has 0 saturated carbocycles. The van der Waals surface area contributed by atoms with Crippen molar-refractivity contribution in [2.24, 2.45) is 0 Å². The summed E-state index contributed by atoms with van der Waals surface area (Å²) in [5.74, 6) is -0.815. The summed E-state index contributed by atoms with van der Waals surface area (Å²) in [5.41, 5.74) is 2.38. The van der Waals surface area contributed by atoms with Crippen molar-refractivity contribution in [3.8, 4) is 0 Å². The van der Waals surface area contributed by atoms with Crippen LogP contribution in [0.25, 0.3) is 0 Å². The highest BCUT2D eigenvalue weighted by Crippen LogP contribution is 2.17. The predicted molar refractivity (Wildman–Crippen MR) is 161 cm³/mol. The number of aryl methyl sites for hydroxylation is 1. The molecule has 0 radical (unpaired) electrons. The fourth-order valence-electron chi connectivity index (χ4n) is 3.99. The second kappa shape index (κ2) is 15.1. The number of aromatic nitrogens is 3. The van der Waals surface area contributed by atoms with E-state index in [1.807, 2.05) is 48.5 Å².